The summed E-state index contributed by atoms with van der Waals surface area (Å²) in [7, 11) is 0.374. The van der Waals surface area contributed by atoms with Crippen molar-refractivity contribution in [1.82, 2.24) is 19.7 Å². The lowest BCUT2D eigenvalue weighted by Gasteiger charge is -2.25. The van der Waals surface area contributed by atoms with Crippen molar-refractivity contribution in [2.75, 3.05) is 19.8 Å². The van der Waals surface area contributed by atoms with Crippen molar-refractivity contribution in [3.63, 3.8) is 0 Å². The summed E-state index contributed by atoms with van der Waals surface area (Å²) >= 11 is 0. The van der Waals surface area contributed by atoms with Gasteiger partial charge in [-0.05, 0) is 49.7 Å². The van der Waals surface area contributed by atoms with Gasteiger partial charge in [-0.2, -0.15) is 4.98 Å². The molecule has 7 nitrogen and oxygen atoms in total. The van der Waals surface area contributed by atoms with Crippen LogP contribution in [-0.4, -0.2) is 54.0 Å². The molecule has 0 unspecified atom stereocenters. The van der Waals surface area contributed by atoms with E-state index in [-0.39, 0.29) is 11.7 Å². The first kappa shape index (κ1) is 17.0. The third-order valence-electron chi connectivity index (χ3n) is 4.76. The van der Waals surface area contributed by atoms with E-state index in [1.807, 2.05) is 19.3 Å². The number of nitrogens with one attached hydrogen (secondary N) is 2. The first-order chi connectivity index (χ1) is 11.5. The minimum atomic E-state index is -3.11. The SMILES string of the molecule is CNS(=O)(=O)CC1CCC(/C=[N+](/C)c2ncnc3[nH]ccc23)CC1. The zero-order valence-corrected chi connectivity index (χ0v) is 14.9. The summed E-state index contributed by atoms with van der Waals surface area (Å²) in [5.41, 5.74) is 0.834. The highest BCUT2D eigenvalue weighted by Crippen LogP contribution is 2.29. The molecule has 1 aliphatic carbocycles. The standard InChI is InChI=1S/C16H24N5O2S/c1-17-24(22,23)10-13-5-3-12(4-6-13)9-21(2)16-14-7-8-18-15(14)19-11-20-16/h7-9,11-13,17H,3-6,10H2,1-2H3,(H,18,19,20)/q+1/b21-9-. The molecule has 8 heteroatoms. The molecule has 24 heavy (non-hydrogen) atoms. The molecule has 130 valence electrons. The molecule has 0 amide bonds. The monoisotopic (exact) mass is 350 g/mol. The molecule has 0 bridgehead atoms. The van der Waals surface area contributed by atoms with Gasteiger partial charge < -0.3 is 4.98 Å². The van der Waals surface area contributed by atoms with Gasteiger partial charge in [0, 0.05) is 12.1 Å². The quantitative estimate of drug-likeness (QED) is 0.634. The summed E-state index contributed by atoms with van der Waals surface area (Å²) in [5, 5.41) is 1.00. The van der Waals surface area contributed by atoms with Crippen molar-refractivity contribution >= 4 is 33.1 Å². The minimum absolute atomic E-state index is 0.238. The van der Waals surface area contributed by atoms with Gasteiger partial charge >= 0.3 is 5.82 Å². The van der Waals surface area contributed by atoms with Crippen LogP contribution in [0.2, 0.25) is 0 Å². The Balaban J connectivity index is 1.67. The molecule has 2 aromatic rings. The Morgan fingerprint density at radius 1 is 1.33 bits per heavy atom. The Kier molecular flexibility index (Phi) is 4.96. The van der Waals surface area contributed by atoms with E-state index in [2.05, 4.69) is 30.5 Å². The van der Waals surface area contributed by atoms with Gasteiger partial charge in [-0.3, -0.25) is 0 Å². The Morgan fingerprint density at radius 2 is 2.08 bits per heavy atom. The topological polar surface area (TPSA) is 90.8 Å². The minimum Gasteiger partial charge on any atom is -0.346 e. The zero-order chi connectivity index (χ0) is 17.2. The second-order valence-corrected chi connectivity index (χ2v) is 8.43. The van der Waals surface area contributed by atoms with Gasteiger partial charge in [-0.25, -0.2) is 17.7 Å². The second-order valence-electron chi connectivity index (χ2n) is 6.46. The summed E-state index contributed by atoms with van der Waals surface area (Å²) in [4.78, 5) is 11.7. The first-order valence-electron chi connectivity index (χ1n) is 8.25. The molecule has 0 radical (unpaired) electrons. The summed E-state index contributed by atoms with van der Waals surface area (Å²) in [6, 6.07) is 1.98. The van der Waals surface area contributed by atoms with E-state index in [1.165, 1.54) is 7.05 Å². The molecule has 0 aliphatic heterocycles. The van der Waals surface area contributed by atoms with E-state index in [0.29, 0.717) is 5.92 Å². The van der Waals surface area contributed by atoms with Crippen LogP contribution in [0.15, 0.2) is 18.6 Å². The molecule has 2 heterocycles. The average molecular weight is 350 g/mol. The van der Waals surface area contributed by atoms with Crippen molar-refractivity contribution in [2.24, 2.45) is 11.8 Å². The molecule has 0 atom stereocenters. The van der Waals surface area contributed by atoms with Crippen LogP contribution in [0.25, 0.3) is 11.0 Å². The number of aromatic nitrogens is 3. The zero-order valence-electron chi connectivity index (χ0n) is 14.1. The Hall–Kier alpha value is -1.80. The van der Waals surface area contributed by atoms with Crippen molar-refractivity contribution in [2.45, 2.75) is 25.7 Å². The van der Waals surface area contributed by atoms with Crippen LogP contribution < -0.4 is 4.72 Å². The maximum absolute atomic E-state index is 11.7. The molecule has 1 aliphatic rings. The molecule has 1 saturated carbocycles. The second kappa shape index (κ2) is 6.98. The van der Waals surface area contributed by atoms with Gasteiger partial charge in [0.25, 0.3) is 0 Å². The highest BCUT2D eigenvalue weighted by Gasteiger charge is 2.25. The summed E-state index contributed by atoms with van der Waals surface area (Å²) in [5.74, 6) is 1.84. The Morgan fingerprint density at radius 3 is 2.79 bits per heavy atom. The number of nitrogens with zero attached hydrogens (tertiary/aromatic N) is 3. The van der Waals surface area contributed by atoms with Crippen LogP contribution in [0.1, 0.15) is 25.7 Å². The number of H-pyrrole nitrogens is 1. The fraction of sp³-hybridized carbons (Fsp3) is 0.562. The van der Waals surface area contributed by atoms with Gasteiger partial charge in [0.05, 0.1) is 19.0 Å². The molecule has 0 spiro atoms. The van der Waals surface area contributed by atoms with Crippen LogP contribution in [0.4, 0.5) is 5.82 Å². The van der Waals surface area contributed by atoms with Crippen LogP contribution in [0, 0.1) is 11.8 Å². The number of rotatable bonds is 5. The van der Waals surface area contributed by atoms with E-state index in [1.54, 1.807) is 6.33 Å². The van der Waals surface area contributed by atoms with Crippen LogP contribution in [-0.2, 0) is 10.0 Å². The first-order valence-corrected chi connectivity index (χ1v) is 9.91. The van der Waals surface area contributed by atoms with E-state index in [9.17, 15) is 8.42 Å². The number of sulfonamides is 1. The predicted molar refractivity (Wildman–Crippen MR) is 94.1 cm³/mol. The van der Waals surface area contributed by atoms with Gasteiger partial charge in [0.2, 0.25) is 16.4 Å². The van der Waals surface area contributed by atoms with E-state index >= 15 is 0 Å². The number of aromatic amines is 1. The largest absolute Gasteiger partial charge is 0.346 e. The van der Waals surface area contributed by atoms with Crippen molar-refractivity contribution in [3.8, 4) is 0 Å². The van der Waals surface area contributed by atoms with E-state index in [4.69, 9.17) is 0 Å². The smallest absolute Gasteiger partial charge is 0.335 e. The van der Waals surface area contributed by atoms with E-state index < -0.39 is 10.0 Å². The fourth-order valence-electron chi connectivity index (χ4n) is 3.42. The van der Waals surface area contributed by atoms with Crippen molar-refractivity contribution in [3.05, 3.63) is 18.6 Å². The van der Waals surface area contributed by atoms with Crippen LogP contribution in [0.3, 0.4) is 0 Å². The fourth-order valence-corrected chi connectivity index (χ4v) is 4.54. The van der Waals surface area contributed by atoms with Gasteiger partial charge in [0.15, 0.2) is 0 Å². The molecular formula is C16H24N5O2S+. The number of hydrogen-bond donors (Lipinski definition) is 2. The van der Waals surface area contributed by atoms with Crippen LogP contribution >= 0.6 is 0 Å². The lowest BCUT2D eigenvalue weighted by molar-refractivity contribution is -0.405. The number of hydrogen-bond acceptors (Lipinski definition) is 4. The maximum Gasteiger partial charge on any atom is 0.335 e. The average Bonchev–Trinajstić information content (AvgIpc) is 3.05. The predicted octanol–water partition coefficient (Wildman–Crippen LogP) is 1.66. The van der Waals surface area contributed by atoms with E-state index in [0.717, 1.165) is 42.5 Å². The summed E-state index contributed by atoms with van der Waals surface area (Å²) in [6.07, 6.45) is 9.55. The van der Waals surface area contributed by atoms with Crippen molar-refractivity contribution < 1.29 is 13.0 Å². The van der Waals surface area contributed by atoms with Crippen LogP contribution in [0.5, 0.6) is 0 Å². The molecule has 2 aromatic heterocycles. The third-order valence-corrected chi connectivity index (χ3v) is 6.29. The normalized spacial score (nSPS) is 22.8. The van der Waals surface area contributed by atoms with Gasteiger partial charge in [-0.1, -0.05) is 0 Å². The maximum atomic E-state index is 11.7. The molecule has 0 aromatic carbocycles. The molecule has 1 fully saturated rings. The summed E-state index contributed by atoms with van der Waals surface area (Å²) in [6.45, 7) is 0. The lowest BCUT2D eigenvalue weighted by Crippen LogP contribution is -2.29. The number of fused-ring (bicyclic) bond motifs is 1. The third kappa shape index (κ3) is 3.81. The molecule has 0 saturated heterocycles. The lowest BCUT2D eigenvalue weighted by atomic mass is 9.83. The molecule has 2 N–H and O–H groups in total. The van der Waals surface area contributed by atoms with Crippen molar-refractivity contribution in [1.29, 1.82) is 0 Å². The molecular weight excluding hydrogens is 326 g/mol. The van der Waals surface area contributed by atoms with Gasteiger partial charge in [0.1, 0.15) is 11.0 Å². The Labute approximate surface area is 142 Å². The van der Waals surface area contributed by atoms with Gasteiger partial charge in [-0.15, -0.1) is 0 Å². The molecule has 3 rings (SSSR count). The highest BCUT2D eigenvalue weighted by atomic mass is 32.2. The summed E-state index contributed by atoms with van der Waals surface area (Å²) < 4.78 is 27.8. The Bertz CT molecular complexity index is 835. The highest BCUT2D eigenvalue weighted by molar-refractivity contribution is 7.89.